The molecule has 0 saturated carbocycles. The monoisotopic (exact) mass is 349 g/mol. The minimum atomic E-state index is -0.159. The maximum Gasteiger partial charge on any atom is 0.128 e. The number of pyridine rings is 1. The number of aromatic nitrogens is 1. The van der Waals surface area contributed by atoms with E-state index in [1.54, 1.807) is 6.20 Å². The van der Waals surface area contributed by atoms with Gasteiger partial charge < -0.3 is 5.32 Å². The second-order valence-corrected chi connectivity index (χ2v) is 6.13. The number of piperazine rings is 1. The third-order valence-electron chi connectivity index (χ3n) is 3.81. The number of rotatable bonds is 3. The van der Waals surface area contributed by atoms with E-state index in [4.69, 9.17) is 0 Å². The summed E-state index contributed by atoms with van der Waals surface area (Å²) in [6.45, 7) is 3.30. The van der Waals surface area contributed by atoms with Gasteiger partial charge in [0.1, 0.15) is 5.82 Å². The van der Waals surface area contributed by atoms with Crippen LogP contribution in [0.4, 0.5) is 4.39 Å². The Morgan fingerprint density at radius 3 is 3.05 bits per heavy atom. The van der Waals surface area contributed by atoms with E-state index >= 15 is 0 Å². The Balaban J connectivity index is 1.81. The molecule has 2 heterocycles. The lowest BCUT2D eigenvalue weighted by Crippen LogP contribution is -2.45. The molecule has 1 aromatic heterocycles. The quantitative estimate of drug-likeness (QED) is 0.922. The maximum absolute atomic E-state index is 14.1. The highest BCUT2D eigenvalue weighted by Gasteiger charge is 2.24. The molecule has 1 saturated heterocycles. The van der Waals surface area contributed by atoms with E-state index in [1.165, 1.54) is 11.6 Å². The van der Waals surface area contributed by atoms with Crippen molar-refractivity contribution in [3.63, 3.8) is 0 Å². The average Bonchev–Trinajstić information content (AvgIpc) is 2.51. The minimum Gasteiger partial charge on any atom is -0.314 e. The molecule has 1 atom stereocenters. The Morgan fingerprint density at radius 2 is 2.29 bits per heavy atom. The molecule has 0 spiro atoms. The molecule has 0 aliphatic carbocycles. The van der Waals surface area contributed by atoms with Crippen LogP contribution < -0.4 is 5.32 Å². The molecule has 21 heavy (non-hydrogen) atoms. The summed E-state index contributed by atoms with van der Waals surface area (Å²) in [4.78, 5) is 6.50. The molecule has 1 aliphatic heterocycles. The molecule has 0 radical (unpaired) electrons. The van der Waals surface area contributed by atoms with Gasteiger partial charge in [0.2, 0.25) is 0 Å². The number of halogens is 2. The number of hydrogen-bond donors (Lipinski definition) is 1. The first-order chi connectivity index (χ1) is 10.2. The molecule has 1 aromatic carbocycles. The second kappa shape index (κ2) is 6.64. The van der Waals surface area contributed by atoms with Gasteiger partial charge in [-0.25, -0.2) is 4.39 Å². The van der Waals surface area contributed by atoms with Gasteiger partial charge in [-0.3, -0.25) is 9.88 Å². The Labute approximate surface area is 132 Å². The fraction of sp³-hybridized carbons (Fsp3) is 0.312. The molecule has 1 fully saturated rings. The zero-order valence-corrected chi connectivity index (χ0v) is 13.2. The lowest BCUT2D eigenvalue weighted by molar-refractivity contribution is 0.151. The lowest BCUT2D eigenvalue weighted by atomic mass is 10.0. The van der Waals surface area contributed by atoms with Crippen molar-refractivity contribution in [2.24, 2.45) is 0 Å². The Kier molecular flexibility index (Phi) is 4.63. The van der Waals surface area contributed by atoms with Gasteiger partial charge in [0.15, 0.2) is 0 Å². The predicted octanol–water partition coefficient (Wildman–Crippen LogP) is 3.13. The summed E-state index contributed by atoms with van der Waals surface area (Å²) in [6.07, 6.45) is 3.67. The molecule has 0 bridgehead atoms. The highest BCUT2D eigenvalue weighted by molar-refractivity contribution is 9.10. The maximum atomic E-state index is 14.1. The van der Waals surface area contributed by atoms with Crippen molar-refractivity contribution in [1.29, 1.82) is 0 Å². The van der Waals surface area contributed by atoms with Gasteiger partial charge in [0.25, 0.3) is 0 Å². The van der Waals surface area contributed by atoms with Gasteiger partial charge in [-0.2, -0.15) is 0 Å². The van der Waals surface area contributed by atoms with Crippen LogP contribution in [0, 0.1) is 5.82 Å². The molecule has 0 amide bonds. The van der Waals surface area contributed by atoms with E-state index in [0.29, 0.717) is 6.54 Å². The summed E-state index contributed by atoms with van der Waals surface area (Å²) in [7, 11) is 0. The summed E-state index contributed by atoms with van der Waals surface area (Å²) in [5.74, 6) is -0.159. The number of hydrogen-bond acceptors (Lipinski definition) is 3. The van der Waals surface area contributed by atoms with Crippen LogP contribution in [0.15, 0.2) is 47.2 Å². The Hall–Kier alpha value is -1.30. The van der Waals surface area contributed by atoms with Crippen molar-refractivity contribution >= 4 is 15.9 Å². The fourth-order valence-corrected chi connectivity index (χ4v) is 3.04. The molecule has 2 aromatic rings. The first kappa shape index (κ1) is 14.6. The number of nitrogens with one attached hydrogen (secondary N) is 1. The topological polar surface area (TPSA) is 28.2 Å². The van der Waals surface area contributed by atoms with Crippen molar-refractivity contribution in [2.75, 3.05) is 19.6 Å². The number of benzene rings is 1. The van der Waals surface area contributed by atoms with E-state index in [0.717, 1.165) is 29.7 Å². The second-order valence-electron chi connectivity index (χ2n) is 5.21. The molecule has 1 N–H and O–H groups in total. The van der Waals surface area contributed by atoms with Crippen LogP contribution in [0.5, 0.6) is 0 Å². The van der Waals surface area contributed by atoms with Crippen LogP contribution in [0.1, 0.15) is 17.2 Å². The molecule has 5 heteroatoms. The van der Waals surface area contributed by atoms with Crippen molar-refractivity contribution < 1.29 is 4.39 Å². The van der Waals surface area contributed by atoms with E-state index in [1.807, 2.05) is 24.4 Å². The zero-order chi connectivity index (χ0) is 14.7. The van der Waals surface area contributed by atoms with Crippen LogP contribution in [0.3, 0.4) is 0 Å². The third-order valence-corrected chi connectivity index (χ3v) is 4.31. The van der Waals surface area contributed by atoms with E-state index < -0.39 is 0 Å². The summed E-state index contributed by atoms with van der Waals surface area (Å²) >= 11 is 3.30. The standard InChI is InChI=1S/C16H17BrFN3/c17-14-4-3-13(15(18)8-14)11-21-7-6-20-10-16(21)12-2-1-5-19-9-12/h1-5,8-9,16,20H,6-7,10-11H2. The summed E-state index contributed by atoms with van der Waals surface area (Å²) in [5, 5.41) is 3.40. The SMILES string of the molecule is Fc1cc(Br)ccc1CN1CCNCC1c1cccnc1. The van der Waals surface area contributed by atoms with Gasteiger partial charge in [0.05, 0.1) is 0 Å². The van der Waals surface area contributed by atoms with Crippen LogP contribution in [0.25, 0.3) is 0 Å². The summed E-state index contributed by atoms with van der Waals surface area (Å²) in [5.41, 5.74) is 1.90. The van der Waals surface area contributed by atoms with Gasteiger partial charge >= 0.3 is 0 Å². The number of nitrogens with zero attached hydrogens (tertiary/aromatic N) is 2. The smallest absolute Gasteiger partial charge is 0.128 e. The normalized spacial score (nSPS) is 19.6. The van der Waals surface area contributed by atoms with E-state index in [-0.39, 0.29) is 11.9 Å². The highest BCUT2D eigenvalue weighted by atomic mass is 79.9. The van der Waals surface area contributed by atoms with Crippen molar-refractivity contribution in [3.8, 4) is 0 Å². The van der Waals surface area contributed by atoms with E-state index in [2.05, 4.69) is 37.2 Å². The highest BCUT2D eigenvalue weighted by Crippen LogP contribution is 2.25. The van der Waals surface area contributed by atoms with Crippen molar-refractivity contribution in [2.45, 2.75) is 12.6 Å². The molecule has 3 nitrogen and oxygen atoms in total. The Bertz CT molecular complexity index is 606. The first-order valence-electron chi connectivity index (χ1n) is 7.02. The van der Waals surface area contributed by atoms with Crippen molar-refractivity contribution in [1.82, 2.24) is 15.2 Å². The largest absolute Gasteiger partial charge is 0.314 e. The van der Waals surface area contributed by atoms with Crippen LogP contribution in [0.2, 0.25) is 0 Å². The van der Waals surface area contributed by atoms with E-state index in [9.17, 15) is 4.39 Å². The third kappa shape index (κ3) is 3.48. The van der Waals surface area contributed by atoms with Crippen LogP contribution in [-0.2, 0) is 6.54 Å². The molecular weight excluding hydrogens is 333 g/mol. The summed E-state index contributed by atoms with van der Waals surface area (Å²) in [6, 6.07) is 9.52. The summed E-state index contributed by atoms with van der Waals surface area (Å²) < 4.78 is 14.8. The molecule has 1 aliphatic rings. The Morgan fingerprint density at radius 1 is 1.38 bits per heavy atom. The average molecular weight is 350 g/mol. The molecule has 110 valence electrons. The zero-order valence-electron chi connectivity index (χ0n) is 11.6. The molecular formula is C16H17BrFN3. The minimum absolute atomic E-state index is 0.159. The molecule has 1 unspecified atom stereocenters. The first-order valence-corrected chi connectivity index (χ1v) is 7.82. The molecule has 3 rings (SSSR count). The van der Waals surface area contributed by atoms with Crippen LogP contribution >= 0.6 is 15.9 Å². The van der Waals surface area contributed by atoms with Crippen LogP contribution in [-0.4, -0.2) is 29.5 Å². The van der Waals surface area contributed by atoms with Gasteiger partial charge in [-0.05, 0) is 23.8 Å². The van der Waals surface area contributed by atoms with Crippen molar-refractivity contribution in [3.05, 3.63) is 64.1 Å². The van der Waals surface area contributed by atoms with Gasteiger partial charge in [0, 0.05) is 54.7 Å². The predicted molar refractivity (Wildman–Crippen MR) is 84.4 cm³/mol. The van der Waals surface area contributed by atoms with Gasteiger partial charge in [-0.1, -0.05) is 28.1 Å². The fourth-order valence-electron chi connectivity index (χ4n) is 2.71. The lowest BCUT2D eigenvalue weighted by Gasteiger charge is -2.36. The van der Waals surface area contributed by atoms with Gasteiger partial charge in [-0.15, -0.1) is 0 Å².